The van der Waals surface area contributed by atoms with Gasteiger partial charge < -0.3 is 0 Å². The summed E-state index contributed by atoms with van der Waals surface area (Å²) in [5.74, 6) is -0.207. The van der Waals surface area contributed by atoms with Crippen molar-refractivity contribution in [2.45, 2.75) is 6.92 Å². The normalized spacial score (nSPS) is 11.7. The van der Waals surface area contributed by atoms with E-state index in [1.54, 1.807) is 0 Å². The third-order valence-electron chi connectivity index (χ3n) is 4.53. The minimum Gasteiger partial charge on any atom is -0.267 e. The van der Waals surface area contributed by atoms with Crippen LogP contribution in [0, 0.1) is 0 Å². The van der Waals surface area contributed by atoms with Crippen molar-refractivity contribution in [3.63, 3.8) is 0 Å². The third kappa shape index (κ3) is 3.07. The van der Waals surface area contributed by atoms with E-state index in [-0.39, 0.29) is 5.91 Å². The zero-order chi connectivity index (χ0) is 17.9. The van der Waals surface area contributed by atoms with Crippen molar-refractivity contribution in [2.24, 2.45) is 5.10 Å². The molecule has 1 N–H and O–H groups in total. The number of benzene rings is 4. The Bertz CT molecular complexity index is 1140. The zero-order valence-corrected chi connectivity index (χ0v) is 14.4. The molecule has 0 spiro atoms. The molecule has 4 aromatic carbocycles. The number of carbonyl (C=O) groups is 1. The number of nitrogens with zero attached hydrogens (tertiary/aromatic N) is 1. The fourth-order valence-electron chi connectivity index (χ4n) is 3.10. The van der Waals surface area contributed by atoms with E-state index in [2.05, 4.69) is 34.8 Å². The lowest BCUT2D eigenvalue weighted by Gasteiger charge is -2.07. The number of fused-ring (bicyclic) bond motifs is 2. The van der Waals surface area contributed by atoms with Gasteiger partial charge in [-0.05, 0) is 46.2 Å². The number of nitrogens with one attached hydrogen (secondary N) is 1. The average Bonchev–Trinajstić information content (AvgIpc) is 2.71. The second-order valence-electron chi connectivity index (χ2n) is 6.23. The van der Waals surface area contributed by atoms with Crippen molar-refractivity contribution < 1.29 is 4.79 Å². The Morgan fingerprint density at radius 3 is 2.31 bits per heavy atom. The molecule has 4 rings (SSSR count). The van der Waals surface area contributed by atoms with Crippen LogP contribution in [-0.2, 0) is 0 Å². The highest BCUT2D eigenvalue weighted by atomic mass is 16.2. The van der Waals surface area contributed by atoms with Crippen LogP contribution in [0.5, 0.6) is 0 Å². The molecule has 0 bridgehead atoms. The zero-order valence-electron chi connectivity index (χ0n) is 14.4. The van der Waals surface area contributed by atoms with Gasteiger partial charge in [-0.25, -0.2) is 5.43 Å². The van der Waals surface area contributed by atoms with Crippen molar-refractivity contribution in [2.75, 3.05) is 0 Å². The smallest absolute Gasteiger partial charge is 0.267 e. The summed E-state index contributed by atoms with van der Waals surface area (Å²) in [6.07, 6.45) is 0. The molecule has 0 saturated carbocycles. The van der Waals surface area contributed by atoms with Crippen LogP contribution in [0.15, 0.2) is 90.0 Å². The Hall–Kier alpha value is -3.46. The van der Waals surface area contributed by atoms with Crippen molar-refractivity contribution in [3.8, 4) is 0 Å². The van der Waals surface area contributed by atoms with Crippen molar-refractivity contribution in [3.05, 3.63) is 96.1 Å². The number of rotatable bonds is 3. The molecule has 0 radical (unpaired) electrons. The molecule has 126 valence electrons. The van der Waals surface area contributed by atoms with Crippen LogP contribution in [0.25, 0.3) is 21.5 Å². The minimum absolute atomic E-state index is 0.207. The second-order valence-corrected chi connectivity index (χ2v) is 6.23. The highest BCUT2D eigenvalue weighted by molar-refractivity contribution is 6.08. The summed E-state index contributed by atoms with van der Waals surface area (Å²) in [5.41, 5.74) is 5.07. The average molecular weight is 338 g/mol. The molecule has 1 amide bonds. The lowest BCUT2D eigenvalue weighted by molar-refractivity contribution is 0.0956. The van der Waals surface area contributed by atoms with Crippen LogP contribution < -0.4 is 5.43 Å². The van der Waals surface area contributed by atoms with Gasteiger partial charge in [0, 0.05) is 5.56 Å². The van der Waals surface area contributed by atoms with E-state index in [9.17, 15) is 4.79 Å². The van der Waals surface area contributed by atoms with E-state index in [1.807, 2.05) is 67.6 Å². The summed E-state index contributed by atoms with van der Waals surface area (Å²) >= 11 is 0. The fraction of sp³-hybridized carbons (Fsp3) is 0.0435. The molecule has 3 heteroatoms. The molecule has 0 atom stereocenters. The molecule has 0 aliphatic carbocycles. The van der Waals surface area contributed by atoms with Gasteiger partial charge in [0.2, 0.25) is 0 Å². The van der Waals surface area contributed by atoms with Gasteiger partial charge in [-0.1, -0.05) is 72.8 Å². The lowest BCUT2D eigenvalue weighted by atomic mass is 10.0. The van der Waals surface area contributed by atoms with Gasteiger partial charge in [0.25, 0.3) is 5.91 Å². The maximum absolute atomic E-state index is 12.6. The van der Waals surface area contributed by atoms with Gasteiger partial charge in [-0.15, -0.1) is 0 Å². The molecule has 0 aliphatic rings. The third-order valence-corrected chi connectivity index (χ3v) is 4.53. The minimum atomic E-state index is -0.207. The first-order chi connectivity index (χ1) is 12.7. The summed E-state index contributed by atoms with van der Waals surface area (Å²) in [4.78, 5) is 12.6. The quantitative estimate of drug-likeness (QED) is 0.407. The van der Waals surface area contributed by atoms with E-state index in [0.717, 1.165) is 27.4 Å². The number of hydrogen-bond acceptors (Lipinski definition) is 2. The summed E-state index contributed by atoms with van der Waals surface area (Å²) in [7, 11) is 0. The summed E-state index contributed by atoms with van der Waals surface area (Å²) in [6.45, 7) is 1.90. The van der Waals surface area contributed by atoms with Gasteiger partial charge in [-0.2, -0.15) is 5.10 Å². The van der Waals surface area contributed by atoms with Crippen molar-refractivity contribution in [1.82, 2.24) is 5.43 Å². The van der Waals surface area contributed by atoms with Crippen LogP contribution >= 0.6 is 0 Å². The van der Waals surface area contributed by atoms with E-state index in [4.69, 9.17) is 0 Å². The fourth-order valence-corrected chi connectivity index (χ4v) is 3.10. The topological polar surface area (TPSA) is 41.5 Å². The number of hydrazone groups is 1. The molecule has 26 heavy (non-hydrogen) atoms. The first-order valence-corrected chi connectivity index (χ1v) is 8.54. The van der Waals surface area contributed by atoms with Crippen LogP contribution in [0.2, 0.25) is 0 Å². The van der Waals surface area contributed by atoms with Crippen LogP contribution in [0.3, 0.4) is 0 Å². The van der Waals surface area contributed by atoms with E-state index in [0.29, 0.717) is 5.56 Å². The predicted molar refractivity (Wildman–Crippen MR) is 108 cm³/mol. The molecule has 4 aromatic rings. The largest absolute Gasteiger partial charge is 0.272 e. The molecule has 0 saturated heterocycles. The molecular formula is C23H18N2O. The monoisotopic (exact) mass is 338 g/mol. The molecule has 0 heterocycles. The Kier molecular flexibility index (Phi) is 4.20. The second kappa shape index (κ2) is 6.81. The Morgan fingerprint density at radius 2 is 1.46 bits per heavy atom. The molecule has 0 unspecified atom stereocenters. The lowest BCUT2D eigenvalue weighted by Crippen LogP contribution is -2.19. The SMILES string of the molecule is C/C(=N\NC(=O)c1cccc2ccccc12)c1ccc2ccccc2c1. The molecule has 3 nitrogen and oxygen atoms in total. The molecule has 0 fully saturated rings. The standard InChI is InChI=1S/C23H18N2O/c1-16(19-14-13-17-7-2-3-9-20(17)15-19)24-25-23(26)22-12-6-10-18-8-4-5-11-21(18)22/h2-15H,1H3,(H,25,26)/b24-16+. The van der Waals surface area contributed by atoms with Crippen molar-refractivity contribution >= 4 is 33.2 Å². The van der Waals surface area contributed by atoms with Gasteiger partial charge in [0.05, 0.1) is 5.71 Å². The highest BCUT2D eigenvalue weighted by Gasteiger charge is 2.09. The van der Waals surface area contributed by atoms with Crippen LogP contribution in [0.4, 0.5) is 0 Å². The highest BCUT2D eigenvalue weighted by Crippen LogP contribution is 2.19. The van der Waals surface area contributed by atoms with Gasteiger partial charge >= 0.3 is 0 Å². The Morgan fingerprint density at radius 1 is 0.769 bits per heavy atom. The van der Waals surface area contributed by atoms with Crippen LogP contribution in [-0.4, -0.2) is 11.6 Å². The maximum atomic E-state index is 12.6. The van der Waals surface area contributed by atoms with E-state index >= 15 is 0 Å². The number of carbonyl (C=O) groups excluding carboxylic acids is 1. The summed E-state index contributed by atoms with van der Waals surface area (Å²) < 4.78 is 0. The van der Waals surface area contributed by atoms with Gasteiger partial charge in [-0.3, -0.25) is 4.79 Å². The molecule has 0 aliphatic heterocycles. The number of hydrogen-bond donors (Lipinski definition) is 1. The first-order valence-electron chi connectivity index (χ1n) is 8.54. The number of amides is 1. The van der Waals surface area contributed by atoms with Gasteiger partial charge in [0.1, 0.15) is 0 Å². The summed E-state index contributed by atoms with van der Waals surface area (Å²) in [5, 5.41) is 8.60. The van der Waals surface area contributed by atoms with Gasteiger partial charge in [0.15, 0.2) is 0 Å². The Labute approximate surface area is 152 Å². The van der Waals surface area contributed by atoms with Crippen molar-refractivity contribution in [1.29, 1.82) is 0 Å². The predicted octanol–water partition coefficient (Wildman–Crippen LogP) is 5.15. The summed E-state index contributed by atoms with van der Waals surface area (Å²) in [6, 6.07) is 27.9. The molecule has 0 aromatic heterocycles. The van der Waals surface area contributed by atoms with E-state index < -0.39 is 0 Å². The Balaban J connectivity index is 1.60. The molecular weight excluding hydrogens is 320 g/mol. The van der Waals surface area contributed by atoms with E-state index in [1.165, 1.54) is 5.39 Å². The first kappa shape index (κ1) is 16.0. The maximum Gasteiger partial charge on any atom is 0.272 e. The van der Waals surface area contributed by atoms with Crippen LogP contribution in [0.1, 0.15) is 22.8 Å².